The average molecular weight is 564 g/mol. The Morgan fingerprint density at radius 3 is 2.55 bits per heavy atom. The van der Waals surface area contributed by atoms with E-state index in [2.05, 4.69) is 10.1 Å². The van der Waals surface area contributed by atoms with Gasteiger partial charge in [-0.2, -0.15) is 0 Å². The SMILES string of the molecule is COc1cc2nc(N3[C@@H]4CC[C@H]3CC(OC(=O)c3c(-c5ccccc5F)noc3C3CC3)C4)sc2cc1C(=O)O. The second-order valence-electron chi connectivity index (χ2n) is 10.6. The Labute approximate surface area is 232 Å². The van der Waals surface area contributed by atoms with Gasteiger partial charge in [-0.25, -0.2) is 19.0 Å². The smallest absolute Gasteiger partial charge is 0.344 e. The third kappa shape index (κ3) is 4.19. The first-order valence-corrected chi connectivity index (χ1v) is 14.2. The van der Waals surface area contributed by atoms with Crippen LogP contribution in [0.3, 0.4) is 0 Å². The summed E-state index contributed by atoms with van der Waals surface area (Å²) in [5.41, 5.74) is 1.44. The van der Waals surface area contributed by atoms with E-state index in [0.29, 0.717) is 24.1 Å². The Hall–Kier alpha value is -3.99. The lowest BCUT2D eigenvalue weighted by molar-refractivity contribution is 0.0202. The Balaban J connectivity index is 1.13. The van der Waals surface area contributed by atoms with Crippen molar-refractivity contribution in [1.82, 2.24) is 10.1 Å². The molecular weight excluding hydrogens is 537 g/mol. The summed E-state index contributed by atoms with van der Waals surface area (Å²) in [6, 6.07) is 9.76. The molecule has 206 valence electrons. The standard InChI is InChI=1S/C29H26FN3O6S/c1-37-22-13-21-23(12-19(22)27(34)35)40-29(31-21)33-15-8-9-16(33)11-17(10-15)38-28(36)24-25(18-4-2-3-5-20(18)30)32-39-26(24)14-6-7-14/h2-5,12-17H,6-11H2,1H3,(H,34,35)/t15-,16+,17?. The number of benzene rings is 2. The van der Waals surface area contributed by atoms with Crippen LogP contribution in [0.1, 0.15) is 70.9 Å². The van der Waals surface area contributed by atoms with Crippen LogP contribution in [0, 0.1) is 5.82 Å². The Kier molecular flexibility index (Phi) is 5.99. The van der Waals surface area contributed by atoms with Gasteiger partial charge in [-0.05, 0) is 43.9 Å². The lowest BCUT2D eigenvalue weighted by Crippen LogP contribution is -2.46. The van der Waals surface area contributed by atoms with Gasteiger partial charge in [0.05, 0.1) is 17.3 Å². The number of rotatable bonds is 7. The van der Waals surface area contributed by atoms with E-state index in [9.17, 15) is 19.1 Å². The summed E-state index contributed by atoms with van der Waals surface area (Å²) in [5, 5.41) is 14.5. The number of carbonyl (C=O) groups is 2. The summed E-state index contributed by atoms with van der Waals surface area (Å²) in [6.07, 6.45) is 4.67. The van der Waals surface area contributed by atoms with Gasteiger partial charge < -0.3 is 24.0 Å². The summed E-state index contributed by atoms with van der Waals surface area (Å²) in [4.78, 5) is 32.3. The van der Waals surface area contributed by atoms with Gasteiger partial charge in [0.25, 0.3) is 0 Å². The van der Waals surface area contributed by atoms with Crippen LogP contribution < -0.4 is 9.64 Å². The van der Waals surface area contributed by atoms with Gasteiger partial charge in [-0.15, -0.1) is 0 Å². The first-order chi connectivity index (χ1) is 19.4. The van der Waals surface area contributed by atoms with Gasteiger partial charge in [0, 0.05) is 42.5 Å². The summed E-state index contributed by atoms with van der Waals surface area (Å²) < 4.78 is 32.3. The predicted octanol–water partition coefficient (Wildman–Crippen LogP) is 6.03. The van der Waals surface area contributed by atoms with Gasteiger partial charge in [-0.1, -0.05) is 28.6 Å². The van der Waals surface area contributed by atoms with Gasteiger partial charge in [0.1, 0.15) is 34.5 Å². The second-order valence-corrected chi connectivity index (χ2v) is 11.6. The van der Waals surface area contributed by atoms with E-state index in [-0.39, 0.29) is 52.2 Å². The number of aromatic nitrogens is 2. The molecule has 1 N–H and O–H groups in total. The van der Waals surface area contributed by atoms with E-state index >= 15 is 0 Å². The highest BCUT2D eigenvalue weighted by Crippen LogP contribution is 2.46. The molecule has 4 aromatic rings. The zero-order valence-corrected chi connectivity index (χ0v) is 22.4. The number of aromatic carboxylic acids is 1. The van der Waals surface area contributed by atoms with Crippen molar-refractivity contribution >= 4 is 38.6 Å². The minimum Gasteiger partial charge on any atom is -0.496 e. The largest absolute Gasteiger partial charge is 0.496 e. The molecule has 2 aromatic carbocycles. The van der Waals surface area contributed by atoms with Crippen LogP contribution in [0.2, 0.25) is 0 Å². The maximum atomic E-state index is 14.6. The van der Waals surface area contributed by atoms with Crippen LogP contribution in [0.15, 0.2) is 40.9 Å². The highest BCUT2D eigenvalue weighted by molar-refractivity contribution is 7.22. The number of nitrogens with zero attached hydrogens (tertiary/aromatic N) is 3. The number of carboxylic acid groups (broad SMARTS) is 1. The monoisotopic (exact) mass is 563 g/mol. The van der Waals surface area contributed by atoms with Crippen LogP contribution in [0.25, 0.3) is 21.5 Å². The summed E-state index contributed by atoms with van der Waals surface area (Å²) in [5.74, 6) is -1.18. The minimum absolute atomic E-state index is 0.104. The normalized spacial score (nSPS) is 22.1. The molecule has 2 aliphatic heterocycles. The Bertz CT molecular complexity index is 1630. The van der Waals surface area contributed by atoms with E-state index in [1.807, 2.05) is 0 Å². The lowest BCUT2D eigenvalue weighted by Gasteiger charge is -2.38. The zero-order valence-electron chi connectivity index (χ0n) is 21.6. The van der Waals surface area contributed by atoms with Crippen molar-refractivity contribution in [1.29, 1.82) is 0 Å². The maximum Gasteiger partial charge on any atom is 0.344 e. The van der Waals surface area contributed by atoms with Crippen molar-refractivity contribution in [2.24, 2.45) is 0 Å². The molecule has 4 heterocycles. The maximum absolute atomic E-state index is 14.6. The molecular formula is C29H26FN3O6S. The van der Waals surface area contributed by atoms with Crippen molar-refractivity contribution in [2.45, 2.75) is 62.6 Å². The Morgan fingerprint density at radius 1 is 1.12 bits per heavy atom. The molecule has 1 unspecified atom stereocenters. The molecule has 3 atom stereocenters. The first kappa shape index (κ1) is 25.0. The van der Waals surface area contributed by atoms with Crippen molar-refractivity contribution in [3.05, 3.63) is 59.1 Å². The summed E-state index contributed by atoms with van der Waals surface area (Å²) >= 11 is 1.46. The molecule has 0 spiro atoms. The number of carbonyl (C=O) groups excluding carboxylic acids is 1. The highest BCUT2D eigenvalue weighted by Gasteiger charge is 2.44. The second kappa shape index (κ2) is 9.58. The molecule has 0 amide bonds. The fourth-order valence-corrected chi connectivity index (χ4v) is 7.23. The van der Waals surface area contributed by atoms with Crippen LogP contribution in [-0.4, -0.2) is 52.5 Å². The average Bonchev–Trinajstić information content (AvgIpc) is 3.45. The van der Waals surface area contributed by atoms with E-state index in [1.54, 1.807) is 30.3 Å². The molecule has 9 nitrogen and oxygen atoms in total. The molecule has 1 aliphatic carbocycles. The molecule has 1 saturated carbocycles. The number of piperidine rings is 1. The topological polar surface area (TPSA) is 115 Å². The number of thiazole rings is 1. The number of anilines is 1. The third-order valence-electron chi connectivity index (χ3n) is 8.11. The third-order valence-corrected chi connectivity index (χ3v) is 9.14. The Morgan fingerprint density at radius 2 is 1.88 bits per heavy atom. The number of ether oxygens (including phenoxy) is 2. The molecule has 7 rings (SSSR count). The fraction of sp³-hybridized carbons (Fsp3) is 0.379. The van der Waals surface area contributed by atoms with Gasteiger partial charge in [0.2, 0.25) is 0 Å². The molecule has 3 aliphatic rings. The number of esters is 1. The van der Waals surface area contributed by atoms with Crippen LogP contribution >= 0.6 is 11.3 Å². The number of methoxy groups -OCH3 is 1. The number of carboxylic acids is 1. The van der Waals surface area contributed by atoms with Crippen LogP contribution in [0.4, 0.5) is 9.52 Å². The van der Waals surface area contributed by atoms with E-state index in [4.69, 9.17) is 19.0 Å². The van der Waals surface area contributed by atoms with Crippen LogP contribution in [-0.2, 0) is 4.74 Å². The minimum atomic E-state index is -1.05. The van der Waals surface area contributed by atoms with Gasteiger partial charge in [-0.3, -0.25) is 0 Å². The number of hydrogen-bond acceptors (Lipinski definition) is 9. The zero-order chi connectivity index (χ0) is 27.5. The summed E-state index contributed by atoms with van der Waals surface area (Å²) in [6.45, 7) is 0. The van der Waals surface area contributed by atoms with E-state index in [0.717, 1.165) is 35.5 Å². The van der Waals surface area contributed by atoms with Gasteiger partial charge in [0.15, 0.2) is 10.9 Å². The van der Waals surface area contributed by atoms with E-state index < -0.39 is 17.8 Å². The quantitative estimate of drug-likeness (QED) is 0.269. The summed E-state index contributed by atoms with van der Waals surface area (Å²) in [7, 11) is 1.44. The number of halogens is 1. The fourth-order valence-electron chi connectivity index (χ4n) is 6.10. The van der Waals surface area contributed by atoms with Crippen LogP contribution in [0.5, 0.6) is 5.75 Å². The molecule has 3 fully saturated rings. The van der Waals surface area contributed by atoms with Gasteiger partial charge >= 0.3 is 11.9 Å². The molecule has 2 saturated heterocycles. The lowest BCUT2D eigenvalue weighted by atomic mass is 9.99. The first-order valence-electron chi connectivity index (χ1n) is 13.4. The number of hydrogen-bond donors (Lipinski definition) is 1. The van der Waals surface area contributed by atoms with Crippen molar-refractivity contribution < 1.29 is 33.1 Å². The van der Waals surface area contributed by atoms with Crippen molar-refractivity contribution in [2.75, 3.05) is 12.0 Å². The molecule has 2 aromatic heterocycles. The highest BCUT2D eigenvalue weighted by atomic mass is 32.1. The molecule has 2 bridgehead atoms. The molecule has 11 heteroatoms. The van der Waals surface area contributed by atoms with E-state index in [1.165, 1.54) is 24.5 Å². The molecule has 40 heavy (non-hydrogen) atoms. The number of fused-ring (bicyclic) bond motifs is 3. The van der Waals surface area contributed by atoms with Crippen molar-refractivity contribution in [3.63, 3.8) is 0 Å². The molecule has 0 radical (unpaired) electrons. The predicted molar refractivity (Wildman–Crippen MR) is 145 cm³/mol. The van der Waals surface area contributed by atoms with Crippen molar-refractivity contribution in [3.8, 4) is 17.0 Å².